The van der Waals surface area contributed by atoms with Crippen molar-refractivity contribution in [3.8, 4) is 11.5 Å². The molecule has 0 unspecified atom stereocenters. The van der Waals surface area contributed by atoms with E-state index >= 15 is 0 Å². The first kappa shape index (κ1) is 17.8. The van der Waals surface area contributed by atoms with Crippen LogP contribution in [0.15, 0.2) is 47.1 Å². The Hall–Kier alpha value is -3.62. The second kappa shape index (κ2) is 7.55. The summed E-state index contributed by atoms with van der Waals surface area (Å²) in [6.45, 7) is 1.45. The number of fused-ring (bicyclic) bond motifs is 1. The van der Waals surface area contributed by atoms with Crippen LogP contribution < -0.4 is 9.47 Å². The van der Waals surface area contributed by atoms with Crippen LogP contribution in [-0.4, -0.2) is 65.1 Å². The van der Waals surface area contributed by atoms with Gasteiger partial charge in [-0.25, -0.2) is 9.78 Å². The molecule has 1 fully saturated rings. The lowest BCUT2D eigenvalue weighted by atomic mass is 10.3. The van der Waals surface area contributed by atoms with Gasteiger partial charge in [-0.05, 0) is 24.3 Å². The molecule has 0 spiro atoms. The van der Waals surface area contributed by atoms with E-state index in [2.05, 4.69) is 9.97 Å². The minimum Gasteiger partial charge on any atom is -0.497 e. The van der Waals surface area contributed by atoms with Crippen LogP contribution >= 0.6 is 0 Å². The topological polar surface area (TPSA) is 98.0 Å². The van der Waals surface area contributed by atoms with E-state index in [4.69, 9.17) is 13.9 Å². The van der Waals surface area contributed by atoms with Crippen LogP contribution in [0.3, 0.4) is 0 Å². The van der Waals surface area contributed by atoms with Gasteiger partial charge in [0.1, 0.15) is 11.3 Å². The zero-order chi connectivity index (χ0) is 19.5. The summed E-state index contributed by atoms with van der Waals surface area (Å²) in [6.07, 6.45) is 2.61. The lowest BCUT2D eigenvalue weighted by Gasteiger charge is -2.33. The molecule has 1 aliphatic rings. The van der Waals surface area contributed by atoms with Gasteiger partial charge in [-0.1, -0.05) is 0 Å². The van der Waals surface area contributed by atoms with E-state index in [9.17, 15) is 9.59 Å². The van der Waals surface area contributed by atoms with Crippen molar-refractivity contribution >= 4 is 23.1 Å². The minimum atomic E-state index is -0.464. The maximum Gasteiger partial charge on any atom is 0.415 e. The fourth-order valence-electron chi connectivity index (χ4n) is 2.92. The van der Waals surface area contributed by atoms with E-state index in [0.29, 0.717) is 48.8 Å². The van der Waals surface area contributed by atoms with Crippen molar-refractivity contribution in [1.29, 1.82) is 0 Å². The highest BCUT2D eigenvalue weighted by atomic mass is 16.6. The summed E-state index contributed by atoms with van der Waals surface area (Å²) >= 11 is 0. The molecule has 3 heterocycles. The number of hydrogen-bond donors (Lipinski definition) is 0. The maximum absolute atomic E-state index is 12.7. The molecule has 144 valence electrons. The predicted octanol–water partition coefficient (Wildman–Crippen LogP) is 2.19. The molecule has 2 amide bonds. The van der Waals surface area contributed by atoms with Gasteiger partial charge in [-0.2, -0.15) is 0 Å². The van der Waals surface area contributed by atoms with Gasteiger partial charge >= 0.3 is 12.0 Å². The maximum atomic E-state index is 12.7. The normalized spacial score (nSPS) is 14.2. The summed E-state index contributed by atoms with van der Waals surface area (Å²) in [7, 11) is 1.56. The molecule has 1 saturated heterocycles. The second-order valence-corrected chi connectivity index (χ2v) is 6.19. The Kier molecular flexibility index (Phi) is 4.79. The lowest BCUT2D eigenvalue weighted by molar-refractivity contribution is 0.0599. The zero-order valence-electron chi connectivity index (χ0n) is 15.2. The number of ether oxygens (including phenoxy) is 2. The summed E-state index contributed by atoms with van der Waals surface area (Å²) in [4.78, 5) is 36.2. The highest BCUT2D eigenvalue weighted by Gasteiger charge is 2.28. The largest absolute Gasteiger partial charge is 0.497 e. The van der Waals surface area contributed by atoms with E-state index in [-0.39, 0.29) is 11.8 Å². The number of hydrogen-bond acceptors (Lipinski definition) is 7. The van der Waals surface area contributed by atoms with Crippen molar-refractivity contribution in [3.05, 3.63) is 48.6 Å². The van der Waals surface area contributed by atoms with Gasteiger partial charge in [0.25, 0.3) is 5.89 Å². The van der Waals surface area contributed by atoms with Crippen LogP contribution in [0.25, 0.3) is 11.1 Å². The Morgan fingerprint density at radius 1 is 1.07 bits per heavy atom. The van der Waals surface area contributed by atoms with Gasteiger partial charge in [0.15, 0.2) is 11.3 Å². The number of methoxy groups -OCH3 is 1. The van der Waals surface area contributed by atoms with Gasteiger partial charge in [0.2, 0.25) is 0 Å². The molecule has 9 nitrogen and oxygen atoms in total. The van der Waals surface area contributed by atoms with Crippen molar-refractivity contribution < 1.29 is 23.5 Å². The van der Waals surface area contributed by atoms with Crippen LogP contribution in [0.1, 0.15) is 10.7 Å². The van der Waals surface area contributed by atoms with Crippen molar-refractivity contribution in [2.75, 3.05) is 33.3 Å². The van der Waals surface area contributed by atoms with Crippen LogP contribution in [0, 0.1) is 0 Å². The molecule has 1 aromatic carbocycles. The first-order chi connectivity index (χ1) is 13.6. The number of rotatable bonds is 3. The molecule has 1 aliphatic heterocycles. The third-order valence-corrected chi connectivity index (χ3v) is 4.44. The molecule has 3 aromatic rings. The summed E-state index contributed by atoms with van der Waals surface area (Å²) in [5, 5.41) is 0. The number of piperazine rings is 1. The van der Waals surface area contributed by atoms with E-state index in [1.807, 2.05) is 0 Å². The number of benzene rings is 1. The molecule has 4 rings (SSSR count). The average Bonchev–Trinajstić information content (AvgIpc) is 3.17. The van der Waals surface area contributed by atoms with Crippen LogP contribution in [-0.2, 0) is 0 Å². The Labute approximate surface area is 160 Å². The summed E-state index contributed by atoms with van der Waals surface area (Å²) in [5.74, 6) is 0.724. The zero-order valence-corrected chi connectivity index (χ0v) is 15.2. The van der Waals surface area contributed by atoms with Gasteiger partial charge < -0.3 is 23.7 Å². The summed E-state index contributed by atoms with van der Waals surface area (Å²) in [5.41, 5.74) is 1.07. The molecule has 0 bridgehead atoms. The third kappa shape index (κ3) is 3.59. The fraction of sp³-hybridized carbons (Fsp3) is 0.263. The minimum absolute atomic E-state index is 0.0228. The van der Waals surface area contributed by atoms with Crippen LogP contribution in [0.4, 0.5) is 4.79 Å². The fourth-order valence-corrected chi connectivity index (χ4v) is 2.92. The molecule has 9 heteroatoms. The predicted molar refractivity (Wildman–Crippen MR) is 98.3 cm³/mol. The molecule has 0 aliphatic carbocycles. The Morgan fingerprint density at radius 3 is 2.57 bits per heavy atom. The van der Waals surface area contributed by atoms with Crippen molar-refractivity contribution in [2.45, 2.75) is 0 Å². The second-order valence-electron chi connectivity index (χ2n) is 6.19. The first-order valence-corrected chi connectivity index (χ1v) is 8.74. The molecule has 0 radical (unpaired) electrons. The van der Waals surface area contributed by atoms with Gasteiger partial charge in [0, 0.05) is 38.4 Å². The number of oxazole rings is 1. The molecule has 0 N–H and O–H groups in total. The molecule has 0 saturated carbocycles. The average molecular weight is 382 g/mol. The Balaban J connectivity index is 1.38. The Morgan fingerprint density at radius 2 is 1.86 bits per heavy atom. The molecule has 0 atom stereocenters. The highest BCUT2D eigenvalue weighted by Crippen LogP contribution is 2.22. The number of nitrogens with zero attached hydrogens (tertiary/aromatic N) is 4. The molecular formula is C19H18N4O5. The van der Waals surface area contributed by atoms with Gasteiger partial charge in [-0.3, -0.25) is 9.78 Å². The smallest absolute Gasteiger partial charge is 0.415 e. The number of amides is 2. The van der Waals surface area contributed by atoms with E-state index in [1.54, 1.807) is 53.4 Å². The van der Waals surface area contributed by atoms with Crippen molar-refractivity contribution in [2.24, 2.45) is 0 Å². The summed E-state index contributed by atoms with van der Waals surface area (Å²) < 4.78 is 16.0. The standard InChI is InChI=1S/C19H18N4O5/c1-26-13-4-5-15-16(11-13)28-17(21-15)18(24)22-7-9-23(10-8-22)19(25)27-14-3-2-6-20-12-14/h2-6,11-12H,7-10H2,1H3. The number of carbonyl (C=O) groups is 2. The van der Waals surface area contributed by atoms with Crippen molar-refractivity contribution in [3.63, 3.8) is 0 Å². The SMILES string of the molecule is COc1ccc2nc(C(=O)N3CCN(C(=O)Oc4cccnc4)CC3)oc2c1. The van der Waals surface area contributed by atoms with E-state index in [1.165, 1.54) is 6.20 Å². The Bertz CT molecular complexity index is 996. The lowest BCUT2D eigenvalue weighted by Crippen LogP contribution is -2.51. The van der Waals surface area contributed by atoms with Crippen molar-refractivity contribution in [1.82, 2.24) is 19.8 Å². The number of aromatic nitrogens is 2. The highest BCUT2D eigenvalue weighted by molar-refractivity contribution is 5.92. The number of pyridine rings is 1. The molecule has 28 heavy (non-hydrogen) atoms. The van der Waals surface area contributed by atoms with Gasteiger partial charge in [-0.15, -0.1) is 0 Å². The quantitative estimate of drug-likeness (QED) is 0.685. The monoisotopic (exact) mass is 382 g/mol. The van der Waals surface area contributed by atoms with Gasteiger partial charge in [0.05, 0.1) is 13.3 Å². The van der Waals surface area contributed by atoms with E-state index < -0.39 is 6.09 Å². The molecule has 2 aromatic heterocycles. The molecular weight excluding hydrogens is 364 g/mol. The number of carbonyl (C=O) groups excluding carboxylic acids is 2. The van der Waals surface area contributed by atoms with Crippen LogP contribution in [0.5, 0.6) is 11.5 Å². The first-order valence-electron chi connectivity index (χ1n) is 8.74. The van der Waals surface area contributed by atoms with Crippen LogP contribution in [0.2, 0.25) is 0 Å². The third-order valence-electron chi connectivity index (χ3n) is 4.44. The van der Waals surface area contributed by atoms with E-state index in [0.717, 1.165) is 0 Å². The summed E-state index contributed by atoms with van der Waals surface area (Å²) in [6, 6.07) is 8.53.